The lowest BCUT2D eigenvalue weighted by Crippen LogP contribution is -2.17. The average molecular weight is 251 g/mol. The van der Waals surface area contributed by atoms with Gasteiger partial charge in [0, 0.05) is 11.8 Å². The average Bonchev–Trinajstić information content (AvgIpc) is 2.47. The van der Waals surface area contributed by atoms with Gasteiger partial charge in [-0.2, -0.15) is 0 Å². The zero-order chi connectivity index (χ0) is 13.2. The first-order valence-electron chi connectivity index (χ1n) is 6.05. The van der Waals surface area contributed by atoms with E-state index in [9.17, 15) is 4.79 Å². The van der Waals surface area contributed by atoms with Gasteiger partial charge in [0.05, 0.1) is 12.6 Å². The first-order valence-corrected chi connectivity index (χ1v) is 6.05. The van der Waals surface area contributed by atoms with Crippen LogP contribution in [-0.4, -0.2) is 11.7 Å². The van der Waals surface area contributed by atoms with Gasteiger partial charge in [-0.25, -0.2) is 0 Å². The molecule has 0 aliphatic carbocycles. The van der Waals surface area contributed by atoms with E-state index < -0.39 is 0 Å². The summed E-state index contributed by atoms with van der Waals surface area (Å²) in [5.41, 5.74) is 1.70. The van der Waals surface area contributed by atoms with Crippen LogP contribution >= 0.6 is 0 Å². The Morgan fingerprint density at radius 1 is 0.895 bits per heavy atom. The number of hydrogen-bond acceptors (Lipinski definition) is 2. The SMILES string of the molecule is COc1ccc(-n2c(=O)ccc3ccccc32)cc1. The number of aromatic nitrogens is 1. The fourth-order valence-corrected chi connectivity index (χ4v) is 2.18. The molecule has 0 saturated carbocycles. The molecule has 19 heavy (non-hydrogen) atoms. The van der Waals surface area contributed by atoms with E-state index >= 15 is 0 Å². The number of pyridine rings is 1. The Kier molecular flexibility index (Phi) is 2.80. The van der Waals surface area contributed by atoms with Gasteiger partial charge in [-0.05, 0) is 41.8 Å². The van der Waals surface area contributed by atoms with E-state index in [0.717, 1.165) is 22.3 Å². The van der Waals surface area contributed by atoms with Crippen LogP contribution in [0.15, 0.2) is 65.5 Å². The number of rotatable bonds is 2. The molecule has 0 N–H and O–H groups in total. The summed E-state index contributed by atoms with van der Waals surface area (Å²) in [6, 6.07) is 18.7. The predicted octanol–water partition coefficient (Wildman–Crippen LogP) is 3.00. The summed E-state index contributed by atoms with van der Waals surface area (Å²) in [6.45, 7) is 0. The topological polar surface area (TPSA) is 31.2 Å². The first-order chi connectivity index (χ1) is 9.29. The van der Waals surface area contributed by atoms with Crippen molar-refractivity contribution in [3.63, 3.8) is 0 Å². The fourth-order valence-electron chi connectivity index (χ4n) is 2.18. The van der Waals surface area contributed by atoms with Gasteiger partial charge >= 0.3 is 0 Å². The molecule has 0 unspecified atom stereocenters. The maximum Gasteiger partial charge on any atom is 0.255 e. The van der Waals surface area contributed by atoms with Crippen LogP contribution in [0.4, 0.5) is 0 Å². The van der Waals surface area contributed by atoms with Crippen molar-refractivity contribution in [1.29, 1.82) is 0 Å². The summed E-state index contributed by atoms with van der Waals surface area (Å²) in [7, 11) is 1.62. The minimum atomic E-state index is -0.0381. The molecule has 1 aromatic heterocycles. The molecule has 3 rings (SSSR count). The lowest BCUT2D eigenvalue weighted by molar-refractivity contribution is 0.415. The van der Waals surface area contributed by atoms with Gasteiger partial charge in [-0.15, -0.1) is 0 Å². The second-order valence-corrected chi connectivity index (χ2v) is 4.26. The molecule has 3 nitrogen and oxygen atoms in total. The van der Waals surface area contributed by atoms with Gasteiger partial charge in [0.25, 0.3) is 5.56 Å². The largest absolute Gasteiger partial charge is 0.497 e. The quantitative estimate of drug-likeness (QED) is 0.701. The maximum absolute atomic E-state index is 12.1. The van der Waals surface area contributed by atoms with Crippen molar-refractivity contribution in [3.8, 4) is 11.4 Å². The van der Waals surface area contributed by atoms with Crippen LogP contribution in [0.5, 0.6) is 5.75 Å². The molecule has 0 aliphatic heterocycles. The van der Waals surface area contributed by atoms with Crippen LogP contribution in [0.2, 0.25) is 0 Å². The van der Waals surface area contributed by atoms with Gasteiger partial charge in [0.15, 0.2) is 0 Å². The van der Waals surface area contributed by atoms with Crippen molar-refractivity contribution in [3.05, 3.63) is 71.0 Å². The second kappa shape index (κ2) is 4.61. The second-order valence-electron chi connectivity index (χ2n) is 4.26. The lowest BCUT2D eigenvalue weighted by Gasteiger charge is -2.10. The summed E-state index contributed by atoms with van der Waals surface area (Å²) in [6.07, 6.45) is 0. The highest BCUT2D eigenvalue weighted by Crippen LogP contribution is 2.18. The van der Waals surface area contributed by atoms with Crippen molar-refractivity contribution in [1.82, 2.24) is 4.57 Å². The summed E-state index contributed by atoms with van der Waals surface area (Å²) in [5, 5.41) is 1.04. The van der Waals surface area contributed by atoms with E-state index in [0.29, 0.717) is 0 Å². The van der Waals surface area contributed by atoms with E-state index in [4.69, 9.17) is 4.74 Å². The Bertz CT molecular complexity index is 773. The lowest BCUT2D eigenvalue weighted by atomic mass is 10.2. The Morgan fingerprint density at radius 3 is 2.37 bits per heavy atom. The monoisotopic (exact) mass is 251 g/mol. The number of fused-ring (bicyclic) bond motifs is 1. The van der Waals surface area contributed by atoms with Crippen LogP contribution in [0.25, 0.3) is 16.6 Å². The van der Waals surface area contributed by atoms with Crippen molar-refractivity contribution in [2.75, 3.05) is 7.11 Å². The van der Waals surface area contributed by atoms with E-state index in [-0.39, 0.29) is 5.56 Å². The molecule has 0 amide bonds. The number of hydrogen-bond donors (Lipinski definition) is 0. The molecule has 0 atom stereocenters. The van der Waals surface area contributed by atoms with Gasteiger partial charge in [-0.1, -0.05) is 18.2 Å². The molecular formula is C16H13NO2. The molecule has 2 aromatic carbocycles. The number of methoxy groups -OCH3 is 1. The van der Waals surface area contributed by atoms with Gasteiger partial charge in [0.2, 0.25) is 0 Å². The number of para-hydroxylation sites is 1. The van der Waals surface area contributed by atoms with E-state index in [1.807, 2.05) is 54.6 Å². The highest BCUT2D eigenvalue weighted by atomic mass is 16.5. The molecular weight excluding hydrogens is 238 g/mol. The van der Waals surface area contributed by atoms with Crippen molar-refractivity contribution in [2.24, 2.45) is 0 Å². The van der Waals surface area contributed by atoms with Gasteiger partial charge in [-0.3, -0.25) is 9.36 Å². The highest BCUT2D eigenvalue weighted by molar-refractivity contribution is 5.80. The normalized spacial score (nSPS) is 10.6. The zero-order valence-electron chi connectivity index (χ0n) is 10.5. The third-order valence-corrected chi connectivity index (χ3v) is 3.13. The molecule has 0 fully saturated rings. The number of ether oxygens (including phenoxy) is 1. The van der Waals surface area contributed by atoms with Gasteiger partial charge < -0.3 is 4.74 Å². The molecule has 3 heteroatoms. The molecule has 0 saturated heterocycles. The standard InChI is InChI=1S/C16H13NO2/c1-19-14-9-7-13(8-10-14)17-15-5-3-2-4-12(15)6-11-16(17)18/h2-11H,1H3. The molecule has 0 aliphatic rings. The van der Waals surface area contributed by atoms with Crippen LogP contribution in [0.3, 0.4) is 0 Å². The van der Waals surface area contributed by atoms with Crippen LogP contribution in [0, 0.1) is 0 Å². The number of nitrogens with zero attached hydrogens (tertiary/aromatic N) is 1. The van der Waals surface area contributed by atoms with Crippen LogP contribution in [0.1, 0.15) is 0 Å². The van der Waals surface area contributed by atoms with Crippen molar-refractivity contribution < 1.29 is 4.74 Å². The maximum atomic E-state index is 12.1. The third kappa shape index (κ3) is 1.99. The summed E-state index contributed by atoms with van der Waals surface area (Å²) in [5.74, 6) is 0.775. The fraction of sp³-hybridized carbons (Fsp3) is 0.0625. The molecule has 94 valence electrons. The third-order valence-electron chi connectivity index (χ3n) is 3.13. The van der Waals surface area contributed by atoms with Crippen LogP contribution < -0.4 is 10.3 Å². The molecule has 1 heterocycles. The Morgan fingerprint density at radius 2 is 1.63 bits per heavy atom. The molecule has 0 radical (unpaired) electrons. The molecule has 0 bridgehead atoms. The minimum Gasteiger partial charge on any atom is -0.497 e. The minimum absolute atomic E-state index is 0.0381. The highest BCUT2D eigenvalue weighted by Gasteiger charge is 2.04. The first kappa shape index (κ1) is 11.5. The van der Waals surface area contributed by atoms with Crippen molar-refractivity contribution in [2.45, 2.75) is 0 Å². The number of benzene rings is 2. The Labute approximate surface area is 110 Å². The van der Waals surface area contributed by atoms with E-state index in [1.165, 1.54) is 0 Å². The van der Waals surface area contributed by atoms with Gasteiger partial charge in [0.1, 0.15) is 5.75 Å². The van der Waals surface area contributed by atoms with Crippen molar-refractivity contribution >= 4 is 10.9 Å². The Balaban J connectivity index is 2.28. The van der Waals surface area contributed by atoms with Crippen LogP contribution in [-0.2, 0) is 0 Å². The Hall–Kier alpha value is -2.55. The predicted molar refractivity (Wildman–Crippen MR) is 76.1 cm³/mol. The zero-order valence-corrected chi connectivity index (χ0v) is 10.5. The molecule has 3 aromatic rings. The summed E-state index contributed by atoms with van der Waals surface area (Å²) in [4.78, 5) is 12.1. The molecule has 0 spiro atoms. The van der Waals surface area contributed by atoms with E-state index in [1.54, 1.807) is 17.7 Å². The van der Waals surface area contributed by atoms with E-state index in [2.05, 4.69) is 0 Å². The smallest absolute Gasteiger partial charge is 0.255 e. The summed E-state index contributed by atoms with van der Waals surface area (Å²) >= 11 is 0. The summed E-state index contributed by atoms with van der Waals surface area (Å²) < 4.78 is 6.84.